The van der Waals surface area contributed by atoms with E-state index in [0.29, 0.717) is 16.9 Å². The van der Waals surface area contributed by atoms with Gasteiger partial charge in [0.1, 0.15) is 0 Å². The van der Waals surface area contributed by atoms with E-state index >= 15 is 0 Å². The van der Waals surface area contributed by atoms with Crippen LogP contribution < -0.4 is 10.6 Å². The molecule has 2 aromatic rings. The van der Waals surface area contributed by atoms with E-state index in [2.05, 4.69) is 15.7 Å². The molecule has 0 saturated heterocycles. The van der Waals surface area contributed by atoms with Crippen LogP contribution >= 0.6 is 0 Å². The Morgan fingerprint density at radius 1 is 1.20 bits per heavy atom. The van der Waals surface area contributed by atoms with Crippen molar-refractivity contribution in [2.45, 2.75) is 33.2 Å². The number of aromatic nitrogens is 2. The molecule has 8 nitrogen and oxygen atoms in total. The van der Waals surface area contributed by atoms with Crippen LogP contribution in [0.2, 0.25) is 0 Å². The SMILES string of the molecule is CC(=O)Nc1cc(C(=O)Nc2cnn(C(C)(C)C(=O)O)c2)ccc1C. The number of hydrogen-bond donors (Lipinski definition) is 3. The summed E-state index contributed by atoms with van der Waals surface area (Å²) in [6, 6.07) is 4.95. The predicted octanol–water partition coefficient (Wildman–Crippen LogP) is 2.22. The molecular formula is C17H20N4O4. The molecule has 0 radical (unpaired) electrons. The third-order valence-electron chi connectivity index (χ3n) is 3.75. The summed E-state index contributed by atoms with van der Waals surface area (Å²) in [6.45, 7) is 6.23. The monoisotopic (exact) mass is 344 g/mol. The first-order valence-corrected chi connectivity index (χ1v) is 7.59. The topological polar surface area (TPSA) is 113 Å². The number of aliphatic carboxylic acids is 1. The number of nitrogens with one attached hydrogen (secondary N) is 2. The van der Waals surface area contributed by atoms with Crippen molar-refractivity contribution >= 4 is 29.2 Å². The summed E-state index contributed by atoms with van der Waals surface area (Å²) in [7, 11) is 0. The second-order valence-electron chi connectivity index (χ2n) is 6.20. The van der Waals surface area contributed by atoms with Gasteiger partial charge in [-0.1, -0.05) is 6.07 Å². The third-order valence-corrected chi connectivity index (χ3v) is 3.75. The van der Waals surface area contributed by atoms with Crippen molar-refractivity contribution in [3.8, 4) is 0 Å². The third kappa shape index (κ3) is 4.03. The van der Waals surface area contributed by atoms with Gasteiger partial charge < -0.3 is 15.7 Å². The van der Waals surface area contributed by atoms with Gasteiger partial charge in [-0.2, -0.15) is 5.10 Å². The second-order valence-corrected chi connectivity index (χ2v) is 6.20. The van der Waals surface area contributed by atoms with Crippen LogP contribution in [0.4, 0.5) is 11.4 Å². The fourth-order valence-electron chi connectivity index (χ4n) is 2.08. The van der Waals surface area contributed by atoms with Crippen LogP contribution in [-0.4, -0.2) is 32.7 Å². The molecule has 0 atom stereocenters. The van der Waals surface area contributed by atoms with Crippen molar-refractivity contribution in [2.75, 3.05) is 10.6 Å². The minimum atomic E-state index is -1.23. The molecule has 2 amide bonds. The van der Waals surface area contributed by atoms with Gasteiger partial charge in [0.25, 0.3) is 5.91 Å². The summed E-state index contributed by atoms with van der Waals surface area (Å²) in [5.41, 5.74) is 0.900. The Balaban J connectivity index is 2.19. The standard InChI is InChI=1S/C17H20N4O4/c1-10-5-6-12(7-14(10)19-11(2)22)15(23)20-13-8-18-21(9-13)17(3,4)16(24)25/h5-9H,1-4H3,(H,19,22)(H,20,23)(H,24,25). The van der Waals surface area contributed by atoms with Crippen LogP contribution in [0.25, 0.3) is 0 Å². The highest BCUT2D eigenvalue weighted by molar-refractivity contribution is 6.05. The molecule has 8 heteroatoms. The van der Waals surface area contributed by atoms with Crippen LogP contribution in [0, 0.1) is 6.92 Å². The number of benzene rings is 1. The van der Waals surface area contributed by atoms with E-state index in [0.717, 1.165) is 5.56 Å². The Morgan fingerprint density at radius 3 is 2.48 bits per heavy atom. The number of aryl methyl sites for hydroxylation is 1. The van der Waals surface area contributed by atoms with Gasteiger partial charge in [-0.25, -0.2) is 4.79 Å². The number of nitrogens with zero attached hydrogens (tertiary/aromatic N) is 2. The average Bonchev–Trinajstić information content (AvgIpc) is 2.98. The Labute approximate surface area is 144 Å². The maximum Gasteiger partial charge on any atom is 0.331 e. The van der Waals surface area contributed by atoms with Crippen molar-refractivity contribution in [2.24, 2.45) is 0 Å². The predicted molar refractivity (Wildman–Crippen MR) is 92.6 cm³/mol. The summed E-state index contributed by atoms with van der Waals surface area (Å²) >= 11 is 0. The van der Waals surface area contributed by atoms with Crippen LogP contribution in [0.5, 0.6) is 0 Å². The number of hydrogen-bond acceptors (Lipinski definition) is 4. The van der Waals surface area contributed by atoms with E-state index < -0.39 is 11.5 Å². The lowest BCUT2D eigenvalue weighted by molar-refractivity contribution is -0.146. The summed E-state index contributed by atoms with van der Waals surface area (Å²) in [6.07, 6.45) is 2.83. The lowest BCUT2D eigenvalue weighted by Gasteiger charge is -2.19. The molecule has 2 rings (SSSR count). The maximum atomic E-state index is 12.4. The summed E-state index contributed by atoms with van der Waals surface area (Å²) in [4.78, 5) is 34.8. The molecule has 132 valence electrons. The first kappa shape index (κ1) is 18.2. The van der Waals surface area contributed by atoms with Gasteiger partial charge in [0.05, 0.1) is 11.9 Å². The first-order valence-electron chi connectivity index (χ1n) is 7.59. The number of carbonyl (C=O) groups is 3. The van der Waals surface area contributed by atoms with Gasteiger partial charge in [0.15, 0.2) is 5.54 Å². The van der Waals surface area contributed by atoms with Crippen LogP contribution in [0.15, 0.2) is 30.6 Å². The highest BCUT2D eigenvalue weighted by atomic mass is 16.4. The van der Waals surface area contributed by atoms with Crippen molar-refractivity contribution in [3.63, 3.8) is 0 Å². The van der Waals surface area contributed by atoms with Crippen LogP contribution in [0.3, 0.4) is 0 Å². The van der Waals surface area contributed by atoms with E-state index in [1.165, 1.54) is 37.8 Å². The average molecular weight is 344 g/mol. The van der Waals surface area contributed by atoms with Gasteiger partial charge >= 0.3 is 5.97 Å². The molecule has 0 unspecified atom stereocenters. The Hall–Kier alpha value is -3.16. The zero-order valence-electron chi connectivity index (χ0n) is 14.5. The summed E-state index contributed by atoms with van der Waals surface area (Å²) in [5, 5.41) is 18.5. The largest absolute Gasteiger partial charge is 0.479 e. The number of carboxylic acid groups (broad SMARTS) is 1. The highest BCUT2D eigenvalue weighted by Gasteiger charge is 2.30. The molecular weight excluding hydrogens is 324 g/mol. The van der Waals surface area contributed by atoms with Crippen LogP contribution in [-0.2, 0) is 15.1 Å². The maximum absolute atomic E-state index is 12.4. The molecule has 0 aliphatic heterocycles. The molecule has 0 fully saturated rings. The number of carbonyl (C=O) groups excluding carboxylic acids is 2. The molecule has 25 heavy (non-hydrogen) atoms. The van der Waals surface area contributed by atoms with E-state index in [9.17, 15) is 19.5 Å². The molecule has 1 heterocycles. The lowest BCUT2D eigenvalue weighted by atomic mass is 10.1. The number of rotatable bonds is 5. The normalized spacial score (nSPS) is 11.0. The van der Waals surface area contributed by atoms with Crippen molar-refractivity contribution in [1.29, 1.82) is 0 Å². The van der Waals surface area contributed by atoms with Gasteiger partial charge in [-0.05, 0) is 38.5 Å². The summed E-state index contributed by atoms with van der Waals surface area (Å²) < 4.78 is 1.27. The molecule has 0 spiro atoms. The minimum Gasteiger partial charge on any atom is -0.479 e. The zero-order chi connectivity index (χ0) is 18.8. The van der Waals surface area contributed by atoms with E-state index in [1.54, 1.807) is 18.2 Å². The smallest absolute Gasteiger partial charge is 0.331 e. The van der Waals surface area contributed by atoms with Gasteiger partial charge in [0.2, 0.25) is 5.91 Å². The molecule has 0 aliphatic rings. The van der Waals surface area contributed by atoms with E-state index in [1.807, 2.05) is 6.92 Å². The van der Waals surface area contributed by atoms with Crippen molar-refractivity contribution < 1.29 is 19.5 Å². The highest BCUT2D eigenvalue weighted by Crippen LogP contribution is 2.20. The fourth-order valence-corrected chi connectivity index (χ4v) is 2.08. The number of anilines is 2. The van der Waals surface area contributed by atoms with Gasteiger partial charge in [-0.3, -0.25) is 14.3 Å². The zero-order valence-corrected chi connectivity index (χ0v) is 14.5. The summed E-state index contributed by atoms with van der Waals surface area (Å²) in [5.74, 6) is -1.65. The van der Waals surface area contributed by atoms with E-state index in [4.69, 9.17) is 0 Å². The first-order chi connectivity index (χ1) is 11.6. The lowest BCUT2D eigenvalue weighted by Crippen LogP contribution is -2.35. The fraction of sp³-hybridized carbons (Fsp3) is 0.294. The van der Waals surface area contributed by atoms with Crippen molar-refractivity contribution in [1.82, 2.24) is 9.78 Å². The molecule has 1 aromatic heterocycles. The quantitative estimate of drug-likeness (QED) is 0.770. The van der Waals surface area contributed by atoms with Crippen molar-refractivity contribution in [3.05, 3.63) is 41.7 Å². The molecule has 1 aromatic carbocycles. The molecule has 3 N–H and O–H groups in total. The molecule has 0 aliphatic carbocycles. The number of amides is 2. The second kappa shape index (κ2) is 6.76. The minimum absolute atomic E-state index is 0.224. The van der Waals surface area contributed by atoms with Crippen LogP contribution in [0.1, 0.15) is 36.7 Å². The molecule has 0 bridgehead atoms. The Morgan fingerprint density at radius 2 is 1.88 bits per heavy atom. The van der Waals surface area contributed by atoms with Gasteiger partial charge in [0, 0.05) is 24.4 Å². The Bertz CT molecular complexity index is 839. The Kier molecular flexibility index (Phi) is 4.92. The molecule has 0 saturated carbocycles. The number of carboxylic acids is 1. The van der Waals surface area contributed by atoms with E-state index in [-0.39, 0.29) is 11.8 Å². The van der Waals surface area contributed by atoms with Gasteiger partial charge in [-0.15, -0.1) is 0 Å².